The van der Waals surface area contributed by atoms with Crippen LogP contribution < -0.4 is 5.73 Å². The molecule has 0 aliphatic carbocycles. The molecule has 1 aromatic carbocycles. The van der Waals surface area contributed by atoms with Crippen molar-refractivity contribution in [2.24, 2.45) is 5.73 Å². The van der Waals surface area contributed by atoms with Gasteiger partial charge in [0.15, 0.2) is 5.70 Å². The monoisotopic (exact) mass is 362 g/mol. The van der Waals surface area contributed by atoms with Crippen molar-refractivity contribution in [1.29, 1.82) is 0 Å². The number of nitrogens with two attached hydrogens (primary N) is 1. The summed E-state index contributed by atoms with van der Waals surface area (Å²) in [5.74, 6) is 0. The van der Waals surface area contributed by atoms with E-state index in [1.807, 2.05) is 24.3 Å². The van der Waals surface area contributed by atoms with Crippen molar-refractivity contribution in [2.75, 3.05) is 6.54 Å². The van der Waals surface area contributed by atoms with E-state index in [-0.39, 0.29) is 6.98 Å². The van der Waals surface area contributed by atoms with E-state index in [0.29, 0.717) is 6.54 Å². The number of fused-ring (bicyclic) bond motifs is 2. The van der Waals surface area contributed by atoms with Crippen LogP contribution in [0.5, 0.6) is 0 Å². The zero-order chi connectivity index (χ0) is 18.3. The molecule has 0 atom stereocenters. The molecule has 0 fully saturated rings. The van der Waals surface area contributed by atoms with Gasteiger partial charge in [0.05, 0.1) is 0 Å². The number of rotatable bonds is 4. The van der Waals surface area contributed by atoms with Gasteiger partial charge in [-0.2, -0.15) is 0 Å². The maximum Gasteiger partial charge on any atom is 0.617 e. The second-order valence-electron chi connectivity index (χ2n) is 6.78. The molecule has 0 radical (unpaired) electrons. The Morgan fingerprint density at radius 3 is 2.85 bits per heavy atom. The Morgan fingerprint density at radius 2 is 2.08 bits per heavy atom. The first-order chi connectivity index (χ1) is 12.6. The van der Waals surface area contributed by atoms with Crippen LogP contribution in [0.2, 0.25) is 11.8 Å². The number of nitrogens with zero attached hydrogens (tertiary/aromatic N) is 2. The molecule has 3 nitrogen and oxygen atoms in total. The lowest BCUT2D eigenvalue weighted by Gasteiger charge is -2.22. The van der Waals surface area contributed by atoms with E-state index < -0.39 is 0 Å². The van der Waals surface area contributed by atoms with Crippen LogP contribution in [0.4, 0.5) is 0 Å². The normalized spacial score (nSPS) is 15.7. The predicted molar refractivity (Wildman–Crippen MR) is 113 cm³/mol. The van der Waals surface area contributed by atoms with Gasteiger partial charge >= 0.3 is 6.98 Å². The molecule has 3 heterocycles. The highest BCUT2D eigenvalue weighted by atomic mass is 35.5. The second-order valence-corrected chi connectivity index (χ2v) is 7.18. The van der Waals surface area contributed by atoms with E-state index in [4.69, 9.17) is 17.3 Å². The Labute approximate surface area is 159 Å². The maximum atomic E-state index is 6.30. The standard InChI is InChI=1S/C21H22BClN3/c1-15-14-17(10-9-16-6-3-4-7-19(16)23)26-21(15)18(11-12-24)20-8-5-13-25(20)22(26)2/h3-10,13-14H,11-12,24H2,1-2H3/q+1. The van der Waals surface area contributed by atoms with Crippen molar-refractivity contribution in [3.8, 4) is 0 Å². The molecule has 2 N–H and O–H groups in total. The molecular formula is C21H22BClN3+. The predicted octanol–water partition coefficient (Wildman–Crippen LogP) is 4.31. The molecule has 2 aliphatic rings. The smallest absolute Gasteiger partial charge is 0.330 e. The van der Waals surface area contributed by atoms with Gasteiger partial charge in [0.25, 0.3) is 0 Å². The molecule has 0 spiro atoms. The summed E-state index contributed by atoms with van der Waals surface area (Å²) in [6.07, 6.45) is 11.6. The minimum absolute atomic E-state index is 0.219. The number of aryl methyl sites for hydroxylation is 1. The molecular weight excluding hydrogens is 341 g/mol. The maximum absolute atomic E-state index is 6.30. The Bertz CT molecular complexity index is 995. The molecule has 1 aromatic heterocycles. The number of allylic oxidation sites excluding steroid dienone is 2. The first kappa shape index (κ1) is 17.1. The van der Waals surface area contributed by atoms with Gasteiger partial charge in [-0.05, 0) is 49.2 Å². The number of benzene rings is 1. The van der Waals surface area contributed by atoms with E-state index in [1.165, 1.54) is 28.2 Å². The molecule has 130 valence electrons. The summed E-state index contributed by atoms with van der Waals surface area (Å²) in [6.45, 7) is 5.28. The Kier molecular flexibility index (Phi) is 4.47. The first-order valence-corrected chi connectivity index (χ1v) is 9.37. The highest BCUT2D eigenvalue weighted by Gasteiger charge is 2.41. The van der Waals surface area contributed by atoms with Crippen LogP contribution in [0.25, 0.3) is 17.7 Å². The van der Waals surface area contributed by atoms with Crippen LogP contribution in [0.1, 0.15) is 28.9 Å². The Morgan fingerprint density at radius 1 is 1.27 bits per heavy atom. The quantitative estimate of drug-likeness (QED) is 0.808. The van der Waals surface area contributed by atoms with E-state index in [0.717, 1.165) is 17.0 Å². The number of hydrogen-bond acceptors (Lipinski definition) is 1. The minimum atomic E-state index is 0.219. The fraction of sp³-hybridized carbons (Fsp3) is 0.190. The molecule has 0 saturated heterocycles. The number of aromatic nitrogens is 1. The van der Waals surface area contributed by atoms with Gasteiger partial charge in [-0.25, -0.2) is 0 Å². The lowest BCUT2D eigenvalue weighted by Crippen LogP contribution is -2.39. The lowest BCUT2D eigenvalue weighted by atomic mass is 9.74. The molecule has 26 heavy (non-hydrogen) atoms. The first-order valence-electron chi connectivity index (χ1n) is 8.99. The highest BCUT2D eigenvalue weighted by molar-refractivity contribution is 6.49. The summed E-state index contributed by atoms with van der Waals surface area (Å²) in [7, 11) is 0. The third-order valence-corrected chi connectivity index (χ3v) is 5.48. The van der Waals surface area contributed by atoms with E-state index in [1.54, 1.807) is 0 Å². The van der Waals surface area contributed by atoms with Crippen molar-refractivity contribution in [1.82, 2.24) is 4.48 Å². The molecule has 2 aromatic rings. The molecule has 4 rings (SSSR count). The Hall–Kier alpha value is -2.30. The fourth-order valence-electron chi connectivity index (χ4n) is 3.99. The molecule has 0 saturated carbocycles. The van der Waals surface area contributed by atoms with Crippen molar-refractivity contribution in [3.63, 3.8) is 0 Å². The molecule has 2 aliphatic heterocycles. The average molecular weight is 363 g/mol. The highest BCUT2D eigenvalue weighted by Crippen LogP contribution is 2.35. The summed E-state index contributed by atoms with van der Waals surface area (Å²) in [5, 5.41) is 0.766. The van der Waals surface area contributed by atoms with Crippen LogP contribution >= 0.6 is 11.6 Å². The van der Waals surface area contributed by atoms with Crippen LogP contribution in [0.3, 0.4) is 0 Å². The van der Waals surface area contributed by atoms with E-state index in [2.05, 4.69) is 59.3 Å². The van der Waals surface area contributed by atoms with Gasteiger partial charge in [-0.3, -0.25) is 4.49 Å². The SMILES string of the molecule is CB1n2c(C=Cc3ccccc3Cl)cc(C)c2C(CCN)=C2C=CC=[N+]12. The summed E-state index contributed by atoms with van der Waals surface area (Å²) in [4.78, 5) is 0. The van der Waals surface area contributed by atoms with Crippen molar-refractivity contribution in [2.45, 2.75) is 20.2 Å². The third-order valence-electron chi connectivity index (χ3n) is 5.14. The summed E-state index contributed by atoms with van der Waals surface area (Å²) >= 11 is 6.30. The zero-order valence-electron chi connectivity index (χ0n) is 15.1. The number of hydrogen-bond donors (Lipinski definition) is 1. The van der Waals surface area contributed by atoms with Gasteiger partial charge in [0.2, 0.25) is 0 Å². The van der Waals surface area contributed by atoms with Gasteiger partial charge < -0.3 is 10.2 Å². The average Bonchev–Trinajstić information content (AvgIpc) is 3.23. The fourth-order valence-corrected chi connectivity index (χ4v) is 4.19. The van der Waals surface area contributed by atoms with E-state index >= 15 is 0 Å². The van der Waals surface area contributed by atoms with Crippen LogP contribution in [0.15, 0.2) is 48.2 Å². The van der Waals surface area contributed by atoms with Crippen molar-refractivity contribution < 1.29 is 4.49 Å². The third kappa shape index (κ3) is 2.70. The molecule has 0 bridgehead atoms. The van der Waals surface area contributed by atoms with Crippen LogP contribution in [-0.4, -0.2) is 28.7 Å². The molecule has 0 amide bonds. The number of halogens is 1. The lowest BCUT2D eigenvalue weighted by molar-refractivity contribution is -0.317. The summed E-state index contributed by atoms with van der Waals surface area (Å²) < 4.78 is 4.73. The second kappa shape index (κ2) is 6.78. The van der Waals surface area contributed by atoms with Crippen LogP contribution in [0, 0.1) is 6.92 Å². The topological polar surface area (TPSA) is 34.0 Å². The van der Waals surface area contributed by atoms with Gasteiger partial charge in [-0.1, -0.05) is 35.9 Å². The van der Waals surface area contributed by atoms with Gasteiger partial charge in [-0.15, -0.1) is 0 Å². The van der Waals surface area contributed by atoms with Crippen molar-refractivity contribution >= 4 is 42.5 Å². The Balaban J connectivity index is 1.84. The minimum Gasteiger partial charge on any atom is -0.330 e. The zero-order valence-corrected chi connectivity index (χ0v) is 15.9. The molecule has 0 unspecified atom stereocenters. The van der Waals surface area contributed by atoms with Gasteiger partial charge in [0, 0.05) is 41.0 Å². The summed E-state index contributed by atoms with van der Waals surface area (Å²) in [5.41, 5.74) is 13.3. The largest absolute Gasteiger partial charge is 0.617 e. The van der Waals surface area contributed by atoms with Gasteiger partial charge in [0.1, 0.15) is 6.21 Å². The van der Waals surface area contributed by atoms with Crippen LogP contribution in [-0.2, 0) is 0 Å². The molecule has 5 heteroatoms. The summed E-state index contributed by atoms with van der Waals surface area (Å²) in [6, 6.07) is 10.2. The van der Waals surface area contributed by atoms with Crippen molar-refractivity contribution in [3.05, 3.63) is 75.7 Å². The van der Waals surface area contributed by atoms with E-state index in [9.17, 15) is 0 Å².